The maximum Gasteiger partial charge on any atom is 0.135 e. The molecule has 0 aliphatic carbocycles. The second-order valence-corrected chi connectivity index (χ2v) is 7.02. The molecule has 0 spiro atoms. The number of aromatic nitrogens is 2. The molecular weight excluding hydrogens is 280 g/mol. The molecule has 0 aliphatic rings. The van der Waals surface area contributed by atoms with Gasteiger partial charge in [0.1, 0.15) is 18.0 Å². The first-order valence-corrected chi connectivity index (χ1v) is 8.17. The first kappa shape index (κ1) is 15.8. The zero-order chi connectivity index (χ0) is 15.4. The fraction of sp³-hybridized carbons (Fsp3) is 0.500. The third kappa shape index (κ3) is 3.94. The summed E-state index contributed by atoms with van der Waals surface area (Å²) >= 11 is 1.86. The minimum Gasteiger partial charge on any atom is -0.373 e. The van der Waals surface area contributed by atoms with E-state index in [9.17, 15) is 0 Å². The molecule has 2 N–H and O–H groups in total. The standard InChI is InChI=1S/C16H24N4S/c1-10(2)14-15(17-5)18-9-19-16(14)20-11(3)8-13-7-6-12(4)21-13/h6-7,9-11H,8H2,1-5H3,(H2,17,18,19,20). The van der Waals surface area contributed by atoms with Gasteiger partial charge in [-0.05, 0) is 31.9 Å². The first-order chi connectivity index (χ1) is 10.0. The Balaban J connectivity index is 2.15. The number of hydrogen-bond acceptors (Lipinski definition) is 5. The van der Waals surface area contributed by atoms with E-state index in [4.69, 9.17) is 0 Å². The highest BCUT2D eigenvalue weighted by molar-refractivity contribution is 7.11. The van der Waals surface area contributed by atoms with Crippen molar-refractivity contribution in [1.29, 1.82) is 0 Å². The van der Waals surface area contributed by atoms with Gasteiger partial charge in [0.2, 0.25) is 0 Å². The average molecular weight is 304 g/mol. The van der Waals surface area contributed by atoms with Crippen molar-refractivity contribution in [2.24, 2.45) is 0 Å². The van der Waals surface area contributed by atoms with Crippen molar-refractivity contribution in [3.63, 3.8) is 0 Å². The lowest BCUT2D eigenvalue weighted by atomic mass is 10.0. The van der Waals surface area contributed by atoms with Crippen LogP contribution in [0.15, 0.2) is 18.5 Å². The van der Waals surface area contributed by atoms with Crippen molar-refractivity contribution in [1.82, 2.24) is 9.97 Å². The Bertz CT molecular complexity index is 592. The van der Waals surface area contributed by atoms with Crippen LogP contribution in [0.4, 0.5) is 11.6 Å². The molecule has 0 saturated carbocycles. The summed E-state index contributed by atoms with van der Waals surface area (Å²) in [4.78, 5) is 11.5. The number of nitrogens with zero attached hydrogens (tertiary/aromatic N) is 2. The second-order valence-electron chi connectivity index (χ2n) is 5.65. The summed E-state index contributed by atoms with van der Waals surface area (Å²) in [7, 11) is 1.90. The monoisotopic (exact) mass is 304 g/mol. The number of nitrogens with one attached hydrogen (secondary N) is 2. The van der Waals surface area contributed by atoms with Crippen LogP contribution in [0, 0.1) is 6.92 Å². The minimum atomic E-state index is 0.333. The van der Waals surface area contributed by atoms with Gasteiger partial charge in [0, 0.05) is 34.8 Å². The number of hydrogen-bond donors (Lipinski definition) is 2. The van der Waals surface area contributed by atoms with Crippen molar-refractivity contribution < 1.29 is 0 Å². The maximum atomic E-state index is 4.44. The SMILES string of the molecule is CNc1ncnc(NC(C)Cc2ccc(C)s2)c1C(C)C. The fourth-order valence-electron chi connectivity index (χ4n) is 2.44. The van der Waals surface area contributed by atoms with Gasteiger partial charge in [-0.25, -0.2) is 9.97 Å². The molecule has 2 rings (SSSR count). The lowest BCUT2D eigenvalue weighted by Gasteiger charge is -2.20. The molecule has 2 aromatic heterocycles. The average Bonchev–Trinajstić information content (AvgIpc) is 2.83. The van der Waals surface area contributed by atoms with E-state index in [0.29, 0.717) is 12.0 Å². The van der Waals surface area contributed by atoms with E-state index in [1.54, 1.807) is 6.33 Å². The Morgan fingerprint density at radius 1 is 1.14 bits per heavy atom. The van der Waals surface area contributed by atoms with Crippen LogP contribution in [0.5, 0.6) is 0 Å². The predicted octanol–water partition coefficient (Wildman–Crippen LogP) is 4.05. The molecule has 114 valence electrons. The maximum absolute atomic E-state index is 4.44. The molecule has 2 aromatic rings. The van der Waals surface area contributed by atoms with Crippen LogP contribution >= 0.6 is 11.3 Å². The normalized spacial score (nSPS) is 12.5. The van der Waals surface area contributed by atoms with Crippen molar-refractivity contribution in [3.05, 3.63) is 33.8 Å². The zero-order valence-electron chi connectivity index (χ0n) is 13.4. The van der Waals surface area contributed by atoms with Crippen LogP contribution in [0.2, 0.25) is 0 Å². The molecule has 4 nitrogen and oxygen atoms in total. The van der Waals surface area contributed by atoms with Crippen LogP contribution in [0.3, 0.4) is 0 Å². The molecule has 1 atom stereocenters. The van der Waals surface area contributed by atoms with Crippen molar-refractivity contribution >= 4 is 23.0 Å². The second kappa shape index (κ2) is 6.89. The summed E-state index contributed by atoms with van der Waals surface area (Å²) in [6.45, 7) is 8.67. The van der Waals surface area contributed by atoms with E-state index >= 15 is 0 Å². The molecular formula is C16H24N4S. The van der Waals surface area contributed by atoms with Gasteiger partial charge in [0.15, 0.2) is 0 Å². The molecule has 0 aromatic carbocycles. The van der Waals surface area contributed by atoms with Crippen molar-refractivity contribution in [2.75, 3.05) is 17.7 Å². The van der Waals surface area contributed by atoms with E-state index < -0.39 is 0 Å². The molecule has 1 unspecified atom stereocenters. The summed E-state index contributed by atoms with van der Waals surface area (Å²) in [5.41, 5.74) is 1.15. The van der Waals surface area contributed by atoms with Gasteiger partial charge < -0.3 is 10.6 Å². The van der Waals surface area contributed by atoms with E-state index in [-0.39, 0.29) is 0 Å². The molecule has 2 heterocycles. The van der Waals surface area contributed by atoms with Crippen LogP contribution < -0.4 is 10.6 Å². The van der Waals surface area contributed by atoms with Gasteiger partial charge in [-0.1, -0.05) is 13.8 Å². The largest absolute Gasteiger partial charge is 0.373 e. The van der Waals surface area contributed by atoms with E-state index in [1.807, 2.05) is 18.4 Å². The Morgan fingerprint density at radius 3 is 2.43 bits per heavy atom. The molecule has 21 heavy (non-hydrogen) atoms. The minimum absolute atomic E-state index is 0.333. The molecule has 0 bridgehead atoms. The topological polar surface area (TPSA) is 49.8 Å². The molecule has 0 radical (unpaired) electrons. The Labute approximate surface area is 131 Å². The number of anilines is 2. The van der Waals surface area contributed by atoms with Gasteiger partial charge in [-0.15, -0.1) is 11.3 Å². The van der Waals surface area contributed by atoms with E-state index in [1.165, 1.54) is 9.75 Å². The van der Waals surface area contributed by atoms with E-state index in [0.717, 1.165) is 23.6 Å². The van der Waals surface area contributed by atoms with Gasteiger partial charge in [-0.3, -0.25) is 0 Å². The van der Waals surface area contributed by atoms with Gasteiger partial charge in [0.25, 0.3) is 0 Å². The molecule has 0 fully saturated rings. The third-order valence-corrected chi connectivity index (χ3v) is 4.41. The molecule has 0 saturated heterocycles. The quantitative estimate of drug-likeness (QED) is 0.845. The smallest absolute Gasteiger partial charge is 0.135 e. The van der Waals surface area contributed by atoms with Crippen molar-refractivity contribution in [2.45, 2.75) is 46.1 Å². The lowest BCUT2D eigenvalue weighted by Crippen LogP contribution is -2.20. The Hall–Kier alpha value is -1.62. The van der Waals surface area contributed by atoms with Crippen LogP contribution in [-0.4, -0.2) is 23.1 Å². The Kier molecular flexibility index (Phi) is 5.17. The summed E-state index contributed by atoms with van der Waals surface area (Å²) in [5.74, 6) is 2.21. The molecule has 0 amide bonds. The molecule has 5 heteroatoms. The van der Waals surface area contributed by atoms with E-state index in [2.05, 4.69) is 60.4 Å². The summed E-state index contributed by atoms with van der Waals surface area (Å²) in [5, 5.41) is 6.69. The van der Waals surface area contributed by atoms with Gasteiger partial charge in [-0.2, -0.15) is 0 Å². The van der Waals surface area contributed by atoms with Crippen molar-refractivity contribution in [3.8, 4) is 0 Å². The summed E-state index contributed by atoms with van der Waals surface area (Å²) < 4.78 is 0. The zero-order valence-corrected chi connectivity index (χ0v) is 14.2. The highest BCUT2D eigenvalue weighted by Gasteiger charge is 2.16. The first-order valence-electron chi connectivity index (χ1n) is 7.35. The predicted molar refractivity (Wildman–Crippen MR) is 91.5 cm³/mol. The summed E-state index contributed by atoms with van der Waals surface area (Å²) in [6.07, 6.45) is 2.62. The lowest BCUT2D eigenvalue weighted by molar-refractivity contribution is 0.777. The van der Waals surface area contributed by atoms with Crippen LogP contribution in [0.1, 0.15) is 42.0 Å². The fourth-order valence-corrected chi connectivity index (χ4v) is 3.46. The number of rotatable bonds is 6. The summed E-state index contributed by atoms with van der Waals surface area (Å²) in [6, 6.07) is 4.72. The van der Waals surface area contributed by atoms with Gasteiger partial charge in [0.05, 0.1) is 0 Å². The highest BCUT2D eigenvalue weighted by atomic mass is 32.1. The van der Waals surface area contributed by atoms with Gasteiger partial charge >= 0.3 is 0 Å². The highest BCUT2D eigenvalue weighted by Crippen LogP contribution is 2.28. The van der Waals surface area contributed by atoms with Crippen LogP contribution in [-0.2, 0) is 6.42 Å². The third-order valence-electron chi connectivity index (χ3n) is 3.38. The van der Waals surface area contributed by atoms with Crippen LogP contribution in [0.25, 0.3) is 0 Å². The number of aryl methyl sites for hydroxylation is 1. The number of thiophene rings is 1. The molecule has 0 aliphatic heterocycles. The Morgan fingerprint density at radius 2 is 1.86 bits per heavy atom.